The number of halogens is 2. The molecule has 26 heavy (non-hydrogen) atoms. The van der Waals surface area contributed by atoms with E-state index in [-0.39, 0.29) is 18.0 Å². The van der Waals surface area contributed by atoms with E-state index < -0.39 is 0 Å². The Morgan fingerprint density at radius 2 is 1.81 bits per heavy atom. The predicted octanol–water partition coefficient (Wildman–Crippen LogP) is 4.12. The molecule has 0 unspecified atom stereocenters. The van der Waals surface area contributed by atoms with E-state index in [0.717, 1.165) is 31.2 Å². The van der Waals surface area contributed by atoms with Gasteiger partial charge in [0.15, 0.2) is 0 Å². The summed E-state index contributed by atoms with van der Waals surface area (Å²) in [5.41, 5.74) is 0.945. The Bertz CT molecular complexity index is 658. The average Bonchev–Trinajstić information content (AvgIpc) is 3.32. The highest BCUT2D eigenvalue weighted by molar-refractivity contribution is 6.42. The monoisotopic (exact) mass is 397 g/mol. The van der Waals surface area contributed by atoms with Crippen molar-refractivity contribution in [3.63, 3.8) is 0 Å². The zero-order chi connectivity index (χ0) is 18.5. The molecule has 0 heterocycles. The van der Waals surface area contributed by atoms with Crippen molar-refractivity contribution in [2.75, 3.05) is 6.54 Å². The molecule has 3 rings (SSSR count). The smallest absolute Gasteiger partial charge is 0.317 e. The summed E-state index contributed by atoms with van der Waals surface area (Å²) in [5.74, 6) is 0.0136. The Hall–Kier alpha value is -1.46. The van der Waals surface area contributed by atoms with Crippen LogP contribution in [0.4, 0.5) is 4.79 Å². The van der Waals surface area contributed by atoms with Crippen LogP contribution in [-0.2, 0) is 11.3 Å². The minimum Gasteiger partial charge on any atom is -0.353 e. The van der Waals surface area contributed by atoms with Gasteiger partial charge < -0.3 is 15.5 Å². The summed E-state index contributed by atoms with van der Waals surface area (Å²) in [6.45, 7) is 0.837. The Labute approximate surface area is 164 Å². The lowest BCUT2D eigenvalue weighted by Crippen LogP contribution is -2.42. The molecule has 2 fully saturated rings. The number of nitrogens with one attached hydrogen (secondary N) is 2. The number of hydrogen-bond acceptors (Lipinski definition) is 2. The second-order valence-corrected chi connectivity index (χ2v) is 7.95. The number of amides is 3. The quantitative estimate of drug-likeness (QED) is 0.726. The summed E-state index contributed by atoms with van der Waals surface area (Å²) in [7, 11) is 0. The summed E-state index contributed by atoms with van der Waals surface area (Å²) < 4.78 is 0. The molecule has 1 aromatic carbocycles. The molecular weight excluding hydrogens is 373 g/mol. The van der Waals surface area contributed by atoms with Gasteiger partial charge in [-0.25, -0.2) is 4.79 Å². The fraction of sp³-hybridized carbons (Fsp3) is 0.579. The van der Waals surface area contributed by atoms with Crippen molar-refractivity contribution >= 4 is 35.1 Å². The summed E-state index contributed by atoms with van der Waals surface area (Å²) in [6, 6.07) is 5.86. The first-order chi connectivity index (χ1) is 12.5. The number of urea groups is 1. The van der Waals surface area contributed by atoms with E-state index in [2.05, 4.69) is 10.6 Å². The maximum Gasteiger partial charge on any atom is 0.317 e. The van der Waals surface area contributed by atoms with Gasteiger partial charge in [0.05, 0.1) is 10.0 Å². The molecule has 0 atom stereocenters. The van der Waals surface area contributed by atoms with E-state index >= 15 is 0 Å². The average molecular weight is 398 g/mol. The molecule has 0 radical (unpaired) electrons. The fourth-order valence-corrected chi connectivity index (χ4v) is 3.66. The maximum absolute atomic E-state index is 12.5. The number of carbonyl (C=O) groups excluding carboxylic acids is 2. The first-order valence-corrected chi connectivity index (χ1v) is 10.1. The van der Waals surface area contributed by atoms with Crippen molar-refractivity contribution in [2.45, 2.75) is 63.6 Å². The molecule has 2 aliphatic carbocycles. The van der Waals surface area contributed by atoms with Crippen molar-refractivity contribution in [3.05, 3.63) is 33.8 Å². The minimum atomic E-state index is -0.132. The fourth-order valence-electron chi connectivity index (χ4n) is 3.34. The molecule has 2 saturated carbocycles. The van der Waals surface area contributed by atoms with Gasteiger partial charge in [0, 0.05) is 31.6 Å². The van der Waals surface area contributed by atoms with Gasteiger partial charge in [0.25, 0.3) is 0 Å². The molecule has 142 valence electrons. The molecule has 0 aliphatic heterocycles. The molecule has 2 aliphatic rings. The second-order valence-electron chi connectivity index (χ2n) is 7.14. The van der Waals surface area contributed by atoms with Crippen molar-refractivity contribution in [2.24, 2.45) is 0 Å². The Kier molecular flexibility index (Phi) is 6.65. The molecule has 0 aromatic heterocycles. The van der Waals surface area contributed by atoms with Crippen LogP contribution >= 0.6 is 23.2 Å². The Morgan fingerprint density at radius 1 is 1.08 bits per heavy atom. The standard InChI is InChI=1S/C19H25Cl2N3O2/c20-16-8-5-13(11-17(16)21)12-24(15-6-7-15)19(26)22-10-9-18(25)23-14-3-1-2-4-14/h5,8,11,14-15H,1-4,6-7,9-10,12H2,(H,22,26)(H,23,25). The number of hydrogen-bond donors (Lipinski definition) is 2. The van der Waals surface area contributed by atoms with Crippen LogP contribution in [-0.4, -0.2) is 35.5 Å². The highest BCUT2D eigenvalue weighted by Gasteiger charge is 2.32. The molecule has 0 bridgehead atoms. The van der Waals surface area contributed by atoms with Gasteiger partial charge in [-0.05, 0) is 43.4 Å². The third-order valence-corrected chi connectivity index (χ3v) is 5.67. The van der Waals surface area contributed by atoms with Gasteiger partial charge >= 0.3 is 6.03 Å². The largest absolute Gasteiger partial charge is 0.353 e. The summed E-state index contributed by atoms with van der Waals surface area (Å²) in [6.07, 6.45) is 6.84. The van der Waals surface area contributed by atoms with Crippen LogP contribution in [0.3, 0.4) is 0 Å². The maximum atomic E-state index is 12.5. The van der Waals surface area contributed by atoms with Gasteiger partial charge in [0.1, 0.15) is 0 Å². The topological polar surface area (TPSA) is 61.4 Å². The molecular formula is C19H25Cl2N3O2. The first-order valence-electron chi connectivity index (χ1n) is 9.30. The summed E-state index contributed by atoms with van der Waals surface area (Å²) >= 11 is 12.0. The number of carbonyl (C=O) groups is 2. The van der Waals surface area contributed by atoms with Crippen LogP contribution in [0, 0.1) is 0 Å². The van der Waals surface area contributed by atoms with Gasteiger partial charge in [-0.3, -0.25) is 4.79 Å². The molecule has 2 N–H and O–H groups in total. The zero-order valence-electron chi connectivity index (χ0n) is 14.8. The Balaban J connectivity index is 1.46. The van der Waals surface area contributed by atoms with Crippen LogP contribution in [0.2, 0.25) is 10.0 Å². The highest BCUT2D eigenvalue weighted by Crippen LogP contribution is 2.30. The highest BCUT2D eigenvalue weighted by atomic mass is 35.5. The SMILES string of the molecule is O=C(CCNC(=O)N(Cc1ccc(Cl)c(Cl)c1)C1CC1)NC1CCCC1. The number of benzene rings is 1. The van der Waals surface area contributed by atoms with Crippen molar-refractivity contribution in [3.8, 4) is 0 Å². The molecule has 0 spiro atoms. The lowest BCUT2D eigenvalue weighted by Gasteiger charge is -2.23. The van der Waals surface area contributed by atoms with Crippen LogP contribution in [0.25, 0.3) is 0 Å². The second kappa shape index (κ2) is 8.96. The van der Waals surface area contributed by atoms with E-state index in [1.54, 1.807) is 12.1 Å². The van der Waals surface area contributed by atoms with Crippen LogP contribution in [0.5, 0.6) is 0 Å². The third-order valence-electron chi connectivity index (χ3n) is 4.93. The van der Waals surface area contributed by atoms with Crippen LogP contribution in [0.15, 0.2) is 18.2 Å². The van der Waals surface area contributed by atoms with Crippen molar-refractivity contribution in [1.82, 2.24) is 15.5 Å². The van der Waals surface area contributed by atoms with Crippen LogP contribution in [0.1, 0.15) is 50.5 Å². The van der Waals surface area contributed by atoms with Gasteiger partial charge in [-0.15, -0.1) is 0 Å². The van der Waals surface area contributed by atoms with E-state index in [9.17, 15) is 9.59 Å². The lowest BCUT2D eigenvalue weighted by molar-refractivity contribution is -0.121. The van der Waals surface area contributed by atoms with E-state index in [0.29, 0.717) is 35.6 Å². The lowest BCUT2D eigenvalue weighted by atomic mass is 10.2. The first kappa shape index (κ1) is 19.3. The van der Waals surface area contributed by atoms with Crippen molar-refractivity contribution in [1.29, 1.82) is 0 Å². The van der Waals surface area contributed by atoms with Gasteiger partial charge in [-0.2, -0.15) is 0 Å². The zero-order valence-corrected chi connectivity index (χ0v) is 16.3. The normalized spacial score (nSPS) is 17.2. The van der Waals surface area contributed by atoms with E-state index in [1.807, 2.05) is 11.0 Å². The molecule has 3 amide bonds. The van der Waals surface area contributed by atoms with Crippen LogP contribution < -0.4 is 10.6 Å². The Morgan fingerprint density at radius 3 is 2.46 bits per heavy atom. The minimum absolute atomic E-state index is 0.0136. The van der Waals surface area contributed by atoms with E-state index in [4.69, 9.17) is 23.2 Å². The van der Waals surface area contributed by atoms with Gasteiger partial charge in [0.2, 0.25) is 5.91 Å². The molecule has 5 nitrogen and oxygen atoms in total. The van der Waals surface area contributed by atoms with Crippen molar-refractivity contribution < 1.29 is 9.59 Å². The third kappa shape index (κ3) is 5.52. The molecule has 7 heteroatoms. The predicted molar refractivity (Wildman–Crippen MR) is 103 cm³/mol. The van der Waals surface area contributed by atoms with E-state index in [1.165, 1.54) is 12.8 Å². The summed E-state index contributed by atoms with van der Waals surface area (Å²) in [4.78, 5) is 26.3. The number of nitrogens with zero attached hydrogens (tertiary/aromatic N) is 1. The number of rotatable bonds is 7. The molecule has 0 saturated heterocycles. The molecule has 1 aromatic rings. The van der Waals surface area contributed by atoms with Gasteiger partial charge in [-0.1, -0.05) is 42.1 Å². The summed E-state index contributed by atoms with van der Waals surface area (Å²) in [5, 5.41) is 6.91.